The van der Waals surface area contributed by atoms with E-state index in [4.69, 9.17) is 13.7 Å². The van der Waals surface area contributed by atoms with Gasteiger partial charge in [0, 0.05) is 50.2 Å². The Balaban J connectivity index is 1.19. The van der Waals surface area contributed by atoms with Gasteiger partial charge in [0.2, 0.25) is 0 Å². The van der Waals surface area contributed by atoms with Crippen molar-refractivity contribution in [1.82, 2.24) is 22.1 Å². The summed E-state index contributed by atoms with van der Waals surface area (Å²) >= 11 is 5.91. The molecule has 0 aliphatic heterocycles. The molecular weight excluding hydrogens is 629 g/mol. The number of aryl methyl sites for hydroxylation is 1. The molecular formula is C32H20N6O2S4. The molecule has 3 aromatic carbocycles. The van der Waals surface area contributed by atoms with Crippen molar-refractivity contribution in [3.05, 3.63) is 42.5 Å². The van der Waals surface area contributed by atoms with Crippen LogP contribution in [0.2, 0.25) is 0 Å². The molecule has 2 aliphatic carbocycles. The second kappa shape index (κ2) is 9.04. The van der Waals surface area contributed by atoms with Crippen LogP contribution in [0.5, 0.6) is 0 Å². The van der Waals surface area contributed by atoms with Gasteiger partial charge in [0.05, 0.1) is 49.6 Å². The number of carbonyl (C=O) groups is 2. The molecule has 2 saturated carbocycles. The molecule has 214 valence electrons. The lowest BCUT2D eigenvalue weighted by atomic mass is 9.81. The molecule has 10 rings (SSSR count). The van der Waals surface area contributed by atoms with E-state index >= 15 is 0 Å². The summed E-state index contributed by atoms with van der Waals surface area (Å²) in [6, 6.07) is 14.9. The number of benzene rings is 3. The second-order valence-electron chi connectivity index (χ2n) is 11.7. The standard InChI is InChI=1S/C32H20N6O2S4/c1-38-20-12-22(42-31(20)32-28(38)15-8-4-5-9-21(15)41-32)18-10-16-17(23-25(18)36-43-34-23)11-19(26-24(16)35-44-37-26)33-27-29(39)13-6-2-3-7-14(13)30(27)40/h4-5,8-14H,2-3,6-7H2,1H3. The highest BCUT2D eigenvalue weighted by molar-refractivity contribution is 7.32. The number of nitrogens with zero attached hydrogens (tertiary/aromatic N) is 6. The summed E-state index contributed by atoms with van der Waals surface area (Å²) in [6.45, 7) is 0. The molecule has 0 amide bonds. The van der Waals surface area contributed by atoms with E-state index in [1.54, 1.807) is 11.3 Å². The molecule has 8 aromatic rings. The highest BCUT2D eigenvalue weighted by atomic mass is 32.1. The third-order valence-corrected chi connectivity index (χ3v) is 13.0. The van der Waals surface area contributed by atoms with Crippen molar-refractivity contribution < 1.29 is 9.59 Å². The first-order valence-corrected chi connectivity index (χ1v) is 17.6. The van der Waals surface area contributed by atoms with Gasteiger partial charge in [-0.3, -0.25) is 9.59 Å². The maximum atomic E-state index is 13.3. The molecule has 2 atom stereocenters. The van der Waals surface area contributed by atoms with E-state index in [-0.39, 0.29) is 29.1 Å². The number of aliphatic imine (C=N–C) groups is 1. The Morgan fingerprint density at radius 3 is 2.25 bits per heavy atom. The molecule has 5 heterocycles. The number of aromatic nitrogens is 5. The smallest absolute Gasteiger partial charge is 0.188 e. The van der Waals surface area contributed by atoms with Crippen molar-refractivity contribution >= 4 is 132 Å². The van der Waals surface area contributed by atoms with Gasteiger partial charge in [-0.1, -0.05) is 31.0 Å². The largest absolute Gasteiger partial charge is 0.342 e. The molecule has 2 fully saturated rings. The second-order valence-corrected chi connectivity index (χ2v) is 14.8. The summed E-state index contributed by atoms with van der Waals surface area (Å²) in [5.74, 6) is -0.702. The first kappa shape index (κ1) is 25.4. The van der Waals surface area contributed by atoms with Gasteiger partial charge in [-0.05, 0) is 37.1 Å². The molecule has 44 heavy (non-hydrogen) atoms. The zero-order valence-electron chi connectivity index (χ0n) is 23.2. The van der Waals surface area contributed by atoms with Crippen LogP contribution in [-0.2, 0) is 16.6 Å². The summed E-state index contributed by atoms with van der Waals surface area (Å²) in [5.41, 5.74) is 6.93. The van der Waals surface area contributed by atoms with Crippen LogP contribution in [0.1, 0.15) is 25.7 Å². The topological polar surface area (TPSA) is 103 Å². The molecule has 0 saturated heterocycles. The number of fused-ring (bicyclic) bond motifs is 11. The van der Waals surface area contributed by atoms with Gasteiger partial charge in [-0.2, -0.15) is 17.5 Å². The van der Waals surface area contributed by atoms with Gasteiger partial charge < -0.3 is 4.57 Å². The molecule has 2 aliphatic rings. The van der Waals surface area contributed by atoms with Crippen LogP contribution in [0.4, 0.5) is 5.69 Å². The Kier molecular flexibility index (Phi) is 5.21. The lowest BCUT2D eigenvalue weighted by Gasteiger charge is -2.20. The highest BCUT2D eigenvalue weighted by Gasteiger charge is 2.47. The first-order valence-electron chi connectivity index (χ1n) is 14.5. The van der Waals surface area contributed by atoms with Gasteiger partial charge in [0.15, 0.2) is 17.3 Å². The predicted octanol–water partition coefficient (Wildman–Crippen LogP) is 8.47. The number of hydrogen-bond donors (Lipinski definition) is 0. The highest BCUT2D eigenvalue weighted by Crippen LogP contribution is 2.48. The Morgan fingerprint density at radius 1 is 0.773 bits per heavy atom. The molecule has 12 heteroatoms. The molecule has 8 nitrogen and oxygen atoms in total. The third-order valence-electron chi connectivity index (χ3n) is 9.43. The minimum absolute atomic E-state index is 0.0673. The van der Waals surface area contributed by atoms with E-state index in [0.29, 0.717) is 16.7 Å². The summed E-state index contributed by atoms with van der Waals surface area (Å²) in [7, 11) is 2.14. The van der Waals surface area contributed by atoms with Crippen molar-refractivity contribution in [1.29, 1.82) is 0 Å². The zero-order valence-corrected chi connectivity index (χ0v) is 26.4. The van der Waals surface area contributed by atoms with E-state index in [0.717, 1.165) is 69.7 Å². The fourth-order valence-electron chi connectivity index (χ4n) is 7.34. The average Bonchev–Trinajstić information content (AvgIpc) is 3.89. The van der Waals surface area contributed by atoms with E-state index in [9.17, 15) is 9.59 Å². The Bertz CT molecular complexity index is 2570. The lowest BCUT2D eigenvalue weighted by molar-refractivity contribution is -0.120. The normalized spacial score (nSPS) is 19.2. The number of carbonyl (C=O) groups excluding carboxylic acids is 2. The van der Waals surface area contributed by atoms with Gasteiger partial charge in [0.1, 0.15) is 22.1 Å². The van der Waals surface area contributed by atoms with Crippen LogP contribution < -0.4 is 0 Å². The third kappa shape index (κ3) is 3.28. The SMILES string of the molecule is Cn1c2cc(-c3cc4c(cc(N=C5C(=O)C6CCCCC6C5=O)c5nsnc54)c4nsnc34)sc2c2sc3ccccc3c21. The van der Waals surface area contributed by atoms with Crippen LogP contribution in [0.25, 0.3) is 73.8 Å². The van der Waals surface area contributed by atoms with Crippen LogP contribution in [-0.4, -0.2) is 39.3 Å². The number of thiophene rings is 2. The summed E-state index contributed by atoms with van der Waals surface area (Å²) < 4.78 is 24.9. The zero-order chi connectivity index (χ0) is 29.3. The van der Waals surface area contributed by atoms with Crippen molar-refractivity contribution in [3.8, 4) is 10.4 Å². The number of ketones is 2. The monoisotopic (exact) mass is 648 g/mol. The van der Waals surface area contributed by atoms with Gasteiger partial charge in [-0.15, -0.1) is 22.7 Å². The maximum absolute atomic E-state index is 13.3. The van der Waals surface area contributed by atoms with Gasteiger partial charge in [-0.25, -0.2) is 4.99 Å². The van der Waals surface area contributed by atoms with E-state index < -0.39 is 0 Å². The quantitative estimate of drug-likeness (QED) is 0.186. The lowest BCUT2D eigenvalue weighted by Crippen LogP contribution is -2.21. The molecule has 0 N–H and O–H groups in total. The van der Waals surface area contributed by atoms with Gasteiger partial charge >= 0.3 is 0 Å². The summed E-state index contributed by atoms with van der Waals surface area (Å²) in [6.07, 6.45) is 3.49. The Labute approximate surface area is 265 Å². The average molecular weight is 649 g/mol. The van der Waals surface area contributed by atoms with Crippen molar-refractivity contribution in [2.24, 2.45) is 23.9 Å². The molecule has 0 radical (unpaired) electrons. The molecule has 2 unspecified atom stereocenters. The Hall–Kier alpha value is -3.97. The number of hydrogen-bond acceptors (Lipinski definition) is 11. The van der Waals surface area contributed by atoms with Crippen molar-refractivity contribution in [3.63, 3.8) is 0 Å². The minimum atomic E-state index is -0.230. The van der Waals surface area contributed by atoms with E-state index in [1.165, 1.54) is 42.2 Å². The van der Waals surface area contributed by atoms with E-state index in [1.807, 2.05) is 17.4 Å². The van der Waals surface area contributed by atoms with Crippen LogP contribution >= 0.6 is 46.1 Å². The van der Waals surface area contributed by atoms with Gasteiger partial charge in [0.25, 0.3) is 0 Å². The fourth-order valence-corrected chi connectivity index (χ4v) is 11.1. The summed E-state index contributed by atoms with van der Waals surface area (Å²) in [4.78, 5) is 32.4. The first-order chi connectivity index (χ1) is 21.6. The number of rotatable bonds is 2. The van der Waals surface area contributed by atoms with Crippen LogP contribution in [0.15, 0.2) is 47.5 Å². The fraction of sp³-hybridized carbons (Fsp3) is 0.219. The Morgan fingerprint density at radius 2 is 1.45 bits per heavy atom. The predicted molar refractivity (Wildman–Crippen MR) is 181 cm³/mol. The minimum Gasteiger partial charge on any atom is -0.342 e. The molecule has 0 bridgehead atoms. The number of Topliss-reactive ketones (excluding diaryl/α,β-unsaturated/α-hetero) is 2. The van der Waals surface area contributed by atoms with Crippen LogP contribution in [0.3, 0.4) is 0 Å². The molecule has 0 spiro atoms. The summed E-state index contributed by atoms with van der Waals surface area (Å²) in [5, 5.41) is 3.05. The molecule has 5 aromatic heterocycles. The van der Waals surface area contributed by atoms with E-state index in [2.05, 4.69) is 56.8 Å². The van der Waals surface area contributed by atoms with Crippen molar-refractivity contribution in [2.75, 3.05) is 0 Å². The maximum Gasteiger partial charge on any atom is 0.188 e. The van der Waals surface area contributed by atoms with Crippen molar-refractivity contribution in [2.45, 2.75) is 25.7 Å². The van der Waals surface area contributed by atoms with Crippen LogP contribution in [0, 0.1) is 11.8 Å².